The van der Waals surface area contributed by atoms with E-state index in [4.69, 9.17) is 9.47 Å². The molecule has 7 heteroatoms. The van der Waals surface area contributed by atoms with Gasteiger partial charge in [-0.3, -0.25) is 10.1 Å². The van der Waals surface area contributed by atoms with E-state index in [0.29, 0.717) is 29.9 Å². The maximum Gasteiger partial charge on any atom is 0.243 e. The van der Waals surface area contributed by atoms with Crippen LogP contribution in [0.2, 0.25) is 0 Å². The number of amides is 1. The van der Waals surface area contributed by atoms with Gasteiger partial charge in [-0.2, -0.15) is 0 Å². The molecule has 0 radical (unpaired) electrons. The van der Waals surface area contributed by atoms with Crippen molar-refractivity contribution in [2.45, 2.75) is 24.9 Å². The number of phenols is 1. The van der Waals surface area contributed by atoms with E-state index < -0.39 is 17.9 Å². The molecule has 34 heavy (non-hydrogen) atoms. The van der Waals surface area contributed by atoms with Gasteiger partial charge in [-0.25, -0.2) is 4.39 Å². The van der Waals surface area contributed by atoms with Crippen molar-refractivity contribution < 1.29 is 23.8 Å². The van der Waals surface area contributed by atoms with E-state index in [1.807, 2.05) is 48.5 Å². The predicted molar refractivity (Wildman–Crippen MR) is 130 cm³/mol. The normalized spacial score (nSPS) is 12.6. The van der Waals surface area contributed by atoms with Crippen LogP contribution in [0.4, 0.5) is 4.39 Å². The summed E-state index contributed by atoms with van der Waals surface area (Å²) in [6.45, 7) is 0. The van der Waals surface area contributed by atoms with Gasteiger partial charge in [-0.15, -0.1) is 0 Å². The molecule has 0 saturated heterocycles. The maximum absolute atomic E-state index is 14.2. The molecule has 0 aliphatic carbocycles. The molecule has 0 spiro atoms. The fourth-order valence-corrected chi connectivity index (χ4v) is 3.90. The van der Waals surface area contributed by atoms with Crippen molar-refractivity contribution >= 4 is 5.91 Å². The zero-order valence-electron chi connectivity index (χ0n) is 19.9. The van der Waals surface area contributed by atoms with Crippen LogP contribution in [0.3, 0.4) is 0 Å². The van der Waals surface area contributed by atoms with Crippen molar-refractivity contribution in [1.82, 2.24) is 10.2 Å². The van der Waals surface area contributed by atoms with Crippen LogP contribution in [-0.2, 0) is 11.2 Å². The first-order chi connectivity index (χ1) is 16.3. The van der Waals surface area contributed by atoms with Gasteiger partial charge in [0.05, 0.1) is 14.2 Å². The Morgan fingerprint density at radius 3 is 2.35 bits per heavy atom. The lowest BCUT2D eigenvalue weighted by Crippen LogP contribution is -2.39. The van der Waals surface area contributed by atoms with Gasteiger partial charge < -0.3 is 19.5 Å². The van der Waals surface area contributed by atoms with Crippen LogP contribution in [0.25, 0.3) is 0 Å². The highest BCUT2D eigenvalue weighted by Crippen LogP contribution is 2.33. The zero-order chi connectivity index (χ0) is 24.7. The third-order valence-corrected chi connectivity index (χ3v) is 5.72. The lowest BCUT2D eigenvalue weighted by atomic mass is 9.95. The molecule has 0 bridgehead atoms. The van der Waals surface area contributed by atoms with Gasteiger partial charge >= 0.3 is 0 Å². The van der Waals surface area contributed by atoms with Crippen LogP contribution >= 0.6 is 0 Å². The van der Waals surface area contributed by atoms with Crippen LogP contribution < -0.4 is 14.8 Å². The van der Waals surface area contributed by atoms with Crippen molar-refractivity contribution in [2.24, 2.45) is 0 Å². The van der Waals surface area contributed by atoms with E-state index in [1.165, 1.54) is 23.1 Å². The average molecular weight is 467 g/mol. The monoisotopic (exact) mass is 466 g/mol. The second-order valence-corrected chi connectivity index (χ2v) is 8.23. The standard InChI is InChI=1S/C27H31FN2O4/c1-30(2)27(32)26(19-8-6-5-7-9-19)29-22(21-17-20(28)12-14-23(21)31)13-10-18-11-15-24(33-3)25(16-18)34-4/h5-9,11-12,14-17,22,26,29,31H,10,13H2,1-4H3. The Labute approximate surface area is 199 Å². The number of rotatable bonds is 10. The molecule has 3 rings (SSSR count). The minimum Gasteiger partial charge on any atom is -0.508 e. The van der Waals surface area contributed by atoms with Crippen molar-refractivity contribution in [3.63, 3.8) is 0 Å². The van der Waals surface area contributed by atoms with Gasteiger partial charge in [0, 0.05) is 25.7 Å². The van der Waals surface area contributed by atoms with Gasteiger partial charge in [0.15, 0.2) is 11.5 Å². The smallest absolute Gasteiger partial charge is 0.243 e. The number of methoxy groups -OCH3 is 2. The predicted octanol–water partition coefficient (Wildman–Crippen LogP) is 4.64. The van der Waals surface area contributed by atoms with Crippen LogP contribution in [0.5, 0.6) is 17.2 Å². The number of aromatic hydroxyl groups is 1. The average Bonchev–Trinajstić information content (AvgIpc) is 2.85. The van der Waals surface area contributed by atoms with E-state index in [0.717, 1.165) is 11.1 Å². The molecule has 180 valence electrons. The lowest BCUT2D eigenvalue weighted by molar-refractivity contribution is -0.131. The molecule has 0 aliphatic rings. The first-order valence-corrected chi connectivity index (χ1v) is 11.1. The number of hydrogen-bond donors (Lipinski definition) is 2. The summed E-state index contributed by atoms with van der Waals surface area (Å²) < 4.78 is 24.9. The first-order valence-electron chi connectivity index (χ1n) is 11.1. The van der Waals surface area contributed by atoms with Gasteiger partial charge in [0.1, 0.15) is 17.6 Å². The van der Waals surface area contributed by atoms with Crippen molar-refractivity contribution in [3.8, 4) is 17.2 Å². The summed E-state index contributed by atoms with van der Waals surface area (Å²) in [4.78, 5) is 14.6. The Morgan fingerprint density at radius 1 is 1.00 bits per heavy atom. The Hall–Kier alpha value is -3.58. The number of hydrogen-bond acceptors (Lipinski definition) is 5. The fourth-order valence-electron chi connectivity index (χ4n) is 3.90. The largest absolute Gasteiger partial charge is 0.508 e. The van der Waals surface area contributed by atoms with Gasteiger partial charge in [-0.1, -0.05) is 36.4 Å². The minimum atomic E-state index is -0.672. The molecule has 3 aromatic rings. The number of likely N-dealkylation sites (N-methyl/N-ethyl adjacent to an activating group) is 1. The Balaban J connectivity index is 1.95. The quantitative estimate of drug-likeness (QED) is 0.456. The van der Waals surface area contributed by atoms with E-state index >= 15 is 0 Å². The number of nitrogens with one attached hydrogen (secondary N) is 1. The lowest BCUT2D eigenvalue weighted by Gasteiger charge is -2.28. The summed E-state index contributed by atoms with van der Waals surface area (Å²) in [5, 5.41) is 13.9. The van der Waals surface area contributed by atoms with E-state index in [9.17, 15) is 14.3 Å². The molecule has 2 unspecified atom stereocenters. The first kappa shape index (κ1) is 25.1. The van der Waals surface area contributed by atoms with Crippen molar-refractivity contribution in [2.75, 3.05) is 28.3 Å². The minimum absolute atomic E-state index is 0.0321. The summed E-state index contributed by atoms with van der Waals surface area (Å²) >= 11 is 0. The number of carbonyl (C=O) groups is 1. The van der Waals surface area contributed by atoms with Gasteiger partial charge in [-0.05, 0) is 54.3 Å². The summed E-state index contributed by atoms with van der Waals surface area (Å²) in [6, 6.07) is 17.7. The second kappa shape index (κ2) is 11.5. The molecule has 2 N–H and O–H groups in total. The highest BCUT2D eigenvalue weighted by molar-refractivity contribution is 5.83. The number of halogens is 1. The maximum atomic E-state index is 14.2. The molecule has 2 atom stereocenters. The number of nitrogens with zero attached hydrogens (tertiary/aromatic N) is 1. The fraction of sp³-hybridized carbons (Fsp3) is 0.296. The van der Waals surface area contributed by atoms with Gasteiger partial charge in [0.25, 0.3) is 0 Å². The number of benzene rings is 3. The molecule has 0 aromatic heterocycles. The summed E-state index contributed by atoms with van der Waals surface area (Å²) in [7, 11) is 6.54. The molecular weight excluding hydrogens is 435 g/mol. The SMILES string of the molecule is COc1ccc(CCC(NC(C(=O)N(C)C)c2ccccc2)c2cc(F)ccc2O)cc1OC. The van der Waals surface area contributed by atoms with Crippen LogP contribution in [-0.4, -0.2) is 44.2 Å². The molecule has 6 nitrogen and oxygen atoms in total. The molecule has 0 aliphatic heterocycles. The third-order valence-electron chi connectivity index (χ3n) is 5.72. The Morgan fingerprint density at radius 2 is 1.71 bits per heavy atom. The van der Waals surface area contributed by atoms with Crippen molar-refractivity contribution in [3.05, 3.63) is 89.2 Å². The van der Waals surface area contributed by atoms with E-state index in [-0.39, 0.29) is 11.7 Å². The van der Waals surface area contributed by atoms with Gasteiger partial charge in [0.2, 0.25) is 5.91 Å². The summed E-state index contributed by atoms with van der Waals surface area (Å²) in [5.41, 5.74) is 2.16. The van der Waals surface area contributed by atoms with E-state index in [1.54, 1.807) is 28.3 Å². The van der Waals surface area contributed by atoms with Crippen LogP contribution in [0, 0.1) is 5.82 Å². The molecule has 0 heterocycles. The molecule has 0 fully saturated rings. The van der Waals surface area contributed by atoms with E-state index in [2.05, 4.69) is 5.32 Å². The second-order valence-electron chi connectivity index (χ2n) is 8.23. The third kappa shape index (κ3) is 6.05. The summed E-state index contributed by atoms with van der Waals surface area (Å²) in [5.74, 6) is 0.613. The van der Waals surface area contributed by atoms with Crippen LogP contribution in [0.1, 0.15) is 35.2 Å². The molecule has 0 saturated carbocycles. The Kier molecular flexibility index (Phi) is 8.49. The number of ether oxygens (including phenoxy) is 2. The number of carbonyl (C=O) groups excluding carboxylic acids is 1. The zero-order valence-corrected chi connectivity index (χ0v) is 19.9. The topological polar surface area (TPSA) is 71.0 Å². The van der Waals surface area contributed by atoms with Crippen molar-refractivity contribution in [1.29, 1.82) is 0 Å². The molecular formula is C27H31FN2O4. The molecule has 3 aromatic carbocycles. The molecule has 1 amide bonds. The highest BCUT2D eigenvalue weighted by atomic mass is 19.1. The van der Waals surface area contributed by atoms with Crippen LogP contribution in [0.15, 0.2) is 66.7 Å². The number of aryl methyl sites for hydroxylation is 1. The summed E-state index contributed by atoms with van der Waals surface area (Å²) in [6.07, 6.45) is 1.09. The highest BCUT2D eigenvalue weighted by Gasteiger charge is 2.27. The Bertz CT molecular complexity index is 1110. The number of phenolic OH excluding ortho intramolecular Hbond substituents is 1.